The molecular weight excluding hydrogens is 244 g/mol. The smallest absolute Gasteiger partial charge is 0.306 e. The van der Waals surface area contributed by atoms with Crippen molar-refractivity contribution in [2.24, 2.45) is 23.2 Å². The molecule has 0 amide bonds. The van der Waals surface area contributed by atoms with Crippen LogP contribution in [0, 0.1) is 23.2 Å². The maximum absolute atomic E-state index is 11.4. The van der Waals surface area contributed by atoms with Crippen LogP contribution in [0.4, 0.5) is 0 Å². The molecule has 3 atom stereocenters. The number of hydrogen-bond donors (Lipinski definition) is 0. The maximum atomic E-state index is 11.4. The van der Waals surface area contributed by atoms with Gasteiger partial charge >= 0.3 is 5.97 Å². The third kappa shape index (κ3) is 2.71. The van der Waals surface area contributed by atoms with Gasteiger partial charge in [0.15, 0.2) is 0 Å². The quantitative estimate of drug-likeness (QED) is 0.690. The van der Waals surface area contributed by atoms with E-state index in [0.29, 0.717) is 11.8 Å². The van der Waals surface area contributed by atoms with Gasteiger partial charge in [0.2, 0.25) is 0 Å². The Morgan fingerprint density at radius 3 is 2.72 bits per heavy atom. The van der Waals surface area contributed by atoms with Crippen molar-refractivity contribution in [3.8, 4) is 0 Å². The first-order chi connectivity index (χ1) is 8.71. The molecule has 3 rings (SSSR count). The summed E-state index contributed by atoms with van der Waals surface area (Å²) in [5.74, 6) is 5.58. The molecule has 0 aromatic rings. The molecule has 3 aliphatic rings. The lowest BCUT2D eigenvalue weighted by Crippen LogP contribution is -2.16. The molecule has 0 aliphatic heterocycles. The first-order valence-electron chi connectivity index (χ1n) is 7.35. The SMILES string of the molecule is COC(=O)CC1(CSCC2CC3CCC2C3)CC1. The van der Waals surface area contributed by atoms with Crippen molar-refractivity contribution >= 4 is 17.7 Å². The van der Waals surface area contributed by atoms with Crippen LogP contribution in [-0.2, 0) is 9.53 Å². The molecule has 0 aromatic carbocycles. The fourth-order valence-electron chi connectivity index (χ4n) is 3.93. The second kappa shape index (κ2) is 5.07. The van der Waals surface area contributed by atoms with Gasteiger partial charge in [-0.05, 0) is 66.8 Å². The minimum Gasteiger partial charge on any atom is -0.469 e. The summed E-state index contributed by atoms with van der Waals surface area (Å²) in [5.41, 5.74) is 0.315. The highest BCUT2D eigenvalue weighted by Gasteiger charge is 2.45. The molecular formula is C15H24O2S. The fraction of sp³-hybridized carbons (Fsp3) is 0.933. The first-order valence-corrected chi connectivity index (χ1v) is 8.51. The van der Waals surface area contributed by atoms with E-state index >= 15 is 0 Å². The maximum Gasteiger partial charge on any atom is 0.306 e. The van der Waals surface area contributed by atoms with Crippen molar-refractivity contribution in [1.82, 2.24) is 0 Å². The molecule has 3 aliphatic carbocycles. The Kier molecular flexibility index (Phi) is 3.61. The van der Waals surface area contributed by atoms with Crippen LogP contribution < -0.4 is 0 Å². The van der Waals surface area contributed by atoms with Crippen molar-refractivity contribution < 1.29 is 9.53 Å². The lowest BCUT2D eigenvalue weighted by Gasteiger charge is -2.22. The number of fused-ring (bicyclic) bond motifs is 2. The fourth-order valence-corrected chi connectivity index (χ4v) is 5.59. The molecule has 2 nitrogen and oxygen atoms in total. The first kappa shape index (κ1) is 12.8. The van der Waals surface area contributed by atoms with Crippen molar-refractivity contribution in [3.63, 3.8) is 0 Å². The number of thioether (sulfide) groups is 1. The number of esters is 1. The van der Waals surface area contributed by atoms with Crippen LogP contribution in [0.25, 0.3) is 0 Å². The number of ether oxygens (including phenoxy) is 1. The van der Waals surface area contributed by atoms with Crippen LogP contribution in [-0.4, -0.2) is 24.6 Å². The molecule has 2 bridgehead atoms. The molecule has 3 unspecified atom stereocenters. The normalized spacial score (nSPS) is 35.7. The van der Waals surface area contributed by atoms with Crippen LogP contribution in [0.1, 0.15) is 44.9 Å². The van der Waals surface area contributed by atoms with E-state index in [9.17, 15) is 4.79 Å². The van der Waals surface area contributed by atoms with E-state index in [1.165, 1.54) is 57.1 Å². The molecule has 3 fully saturated rings. The van der Waals surface area contributed by atoms with E-state index in [1.807, 2.05) is 0 Å². The minimum absolute atomic E-state index is 0.0203. The van der Waals surface area contributed by atoms with Crippen molar-refractivity contribution in [3.05, 3.63) is 0 Å². The summed E-state index contributed by atoms with van der Waals surface area (Å²) in [5, 5.41) is 0. The second-order valence-electron chi connectivity index (χ2n) is 6.70. The summed E-state index contributed by atoms with van der Waals surface area (Å²) >= 11 is 2.10. The zero-order chi connectivity index (χ0) is 12.6. The second-order valence-corrected chi connectivity index (χ2v) is 7.73. The molecule has 3 saturated carbocycles. The predicted octanol–water partition coefficient (Wildman–Crippen LogP) is 3.50. The third-order valence-electron chi connectivity index (χ3n) is 5.33. The average Bonchev–Trinajstić information content (AvgIpc) is 2.83. The molecule has 3 heteroatoms. The highest BCUT2D eigenvalue weighted by Crippen LogP contribution is 2.53. The van der Waals surface area contributed by atoms with Gasteiger partial charge in [0.25, 0.3) is 0 Å². The molecule has 0 aromatic heterocycles. The van der Waals surface area contributed by atoms with Gasteiger partial charge in [-0.1, -0.05) is 6.42 Å². The van der Waals surface area contributed by atoms with Crippen molar-refractivity contribution in [2.45, 2.75) is 44.9 Å². The zero-order valence-electron chi connectivity index (χ0n) is 11.3. The summed E-state index contributed by atoms with van der Waals surface area (Å²) in [6.07, 6.45) is 9.09. The van der Waals surface area contributed by atoms with Crippen molar-refractivity contribution in [2.75, 3.05) is 18.6 Å². The van der Waals surface area contributed by atoms with Gasteiger partial charge in [-0.15, -0.1) is 0 Å². The van der Waals surface area contributed by atoms with E-state index in [4.69, 9.17) is 4.74 Å². The van der Waals surface area contributed by atoms with Crippen LogP contribution >= 0.6 is 11.8 Å². The molecule has 0 N–H and O–H groups in total. The zero-order valence-corrected chi connectivity index (χ0v) is 12.1. The lowest BCUT2D eigenvalue weighted by molar-refractivity contribution is -0.141. The Morgan fingerprint density at radius 1 is 1.33 bits per heavy atom. The number of carbonyl (C=O) groups excluding carboxylic acids is 1. The van der Waals surface area contributed by atoms with Gasteiger partial charge in [0.1, 0.15) is 0 Å². The standard InChI is InChI=1S/C15H24O2S/c1-17-14(16)8-15(4-5-15)10-18-9-13-7-11-2-3-12(13)6-11/h11-13H,2-10H2,1H3. The largest absolute Gasteiger partial charge is 0.469 e. The van der Waals surface area contributed by atoms with Crippen LogP contribution in [0.5, 0.6) is 0 Å². The highest BCUT2D eigenvalue weighted by atomic mass is 32.2. The van der Waals surface area contributed by atoms with Gasteiger partial charge in [-0.25, -0.2) is 0 Å². The Labute approximate surface area is 114 Å². The molecule has 0 spiro atoms. The molecule has 102 valence electrons. The number of carbonyl (C=O) groups is 1. The van der Waals surface area contributed by atoms with Crippen LogP contribution in [0.15, 0.2) is 0 Å². The Bertz CT molecular complexity index is 324. The molecule has 18 heavy (non-hydrogen) atoms. The molecule has 0 radical (unpaired) electrons. The van der Waals surface area contributed by atoms with Gasteiger partial charge in [-0.3, -0.25) is 4.79 Å². The summed E-state index contributed by atoms with van der Waals surface area (Å²) < 4.78 is 4.80. The van der Waals surface area contributed by atoms with E-state index in [2.05, 4.69) is 11.8 Å². The predicted molar refractivity (Wildman–Crippen MR) is 74.6 cm³/mol. The minimum atomic E-state index is -0.0203. The Balaban J connectivity index is 1.38. The number of hydrogen-bond acceptors (Lipinski definition) is 3. The molecule has 0 saturated heterocycles. The topological polar surface area (TPSA) is 26.3 Å². The number of rotatable bonds is 6. The Morgan fingerprint density at radius 2 is 2.17 bits per heavy atom. The van der Waals surface area contributed by atoms with E-state index in [1.54, 1.807) is 0 Å². The summed E-state index contributed by atoms with van der Waals surface area (Å²) in [6.45, 7) is 0. The summed E-state index contributed by atoms with van der Waals surface area (Å²) in [4.78, 5) is 11.4. The third-order valence-corrected chi connectivity index (χ3v) is 6.81. The van der Waals surface area contributed by atoms with Gasteiger partial charge in [0, 0.05) is 0 Å². The van der Waals surface area contributed by atoms with Gasteiger partial charge in [0.05, 0.1) is 13.5 Å². The van der Waals surface area contributed by atoms with E-state index in [-0.39, 0.29) is 5.97 Å². The van der Waals surface area contributed by atoms with Crippen LogP contribution in [0.3, 0.4) is 0 Å². The van der Waals surface area contributed by atoms with E-state index in [0.717, 1.165) is 17.8 Å². The lowest BCUT2D eigenvalue weighted by atomic mass is 9.90. The summed E-state index contributed by atoms with van der Waals surface area (Å²) in [7, 11) is 1.50. The summed E-state index contributed by atoms with van der Waals surface area (Å²) in [6, 6.07) is 0. The Hall–Kier alpha value is -0.180. The average molecular weight is 268 g/mol. The highest BCUT2D eigenvalue weighted by molar-refractivity contribution is 7.99. The van der Waals surface area contributed by atoms with Crippen LogP contribution in [0.2, 0.25) is 0 Å². The van der Waals surface area contributed by atoms with Gasteiger partial charge < -0.3 is 4.74 Å². The van der Waals surface area contributed by atoms with Crippen molar-refractivity contribution in [1.29, 1.82) is 0 Å². The number of methoxy groups -OCH3 is 1. The van der Waals surface area contributed by atoms with E-state index < -0.39 is 0 Å². The molecule has 0 heterocycles. The van der Waals surface area contributed by atoms with Gasteiger partial charge in [-0.2, -0.15) is 11.8 Å². The monoisotopic (exact) mass is 268 g/mol.